The maximum absolute atomic E-state index is 5.46. The zero-order valence-corrected chi connectivity index (χ0v) is 14.9. The minimum Gasteiger partial charge on any atom is -0.469 e. The van der Waals surface area contributed by atoms with Gasteiger partial charge in [0.15, 0.2) is 5.96 Å². The molecular weight excluding hydrogens is 314 g/mol. The van der Waals surface area contributed by atoms with Gasteiger partial charge >= 0.3 is 0 Å². The number of hydrogen-bond acceptors (Lipinski definition) is 3. The van der Waals surface area contributed by atoms with E-state index in [1.165, 1.54) is 5.56 Å². The molecule has 2 heterocycles. The Morgan fingerprint density at radius 1 is 1.24 bits per heavy atom. The SMILES string of the molecule is CN(Cc1ccccc1)C(=NCC1CCOC1)NCCc1ccco1. The van der Waals surface area contributed by atoms with Crippen molar-refractivity contribution in [3.63, 3.8) is 0 Å². The second kappa shape index (κ2) is 9.28. The highest BCUT2D eigenvalue weighted by molar-refractivity contribution is 5.79. The number of aliphatic imine (C=N–C) groups is 1. The maximum atomic E-state index is 5.46. The molecule has 1 unspecified atom stereocenters. The molecule has 1 atom stereocenters. The van der Waals surface area contributed by atoms with Crippen molar-refractivity contribution in [2.75, 3.05) is 33.4 Å². The molecule has 1 N–H and O–H groups in total. The number of nitrogens with one attached hydrogen (secondary N) is 1. The van der Waals surface area contributed by atoms with Crippen molar-refractivity contribution in [2.24, 2.45) is 10.9 Å². The molecule has 0 bridgehead atoms. The van der Waals surface area contributed by atoms with Gasteiger partial charge in [0.25, 0.3) is 0 Å². The first-order valence-electron chi connectivity index (χ1n) is 8.95. The van der Waals surface area contributed by atoms with E-state index in [1.807, 2.05) is 18.2 Å². The highest BCUT2D eigenvalue weighted by atomic mass is 16.5. The van der Waals surface area contributed by atoms with Gasteiger partial charge in [0, 0.05) is 45.6 Å². The summed E-state index contributed by atoms with van der Waals surface area (Å²) < 4.78 is 10.9. The fraction of sp³-hybridized carbons (Fsp3) is 0.450. The van der Waals surface area contributed by atoms with Crippen molar-refractivity contribution >= 4 is 5.96 Å². The summed E-state index contributed by atoms with van der Waals surface area (Å²) in [5.74, 6) is 2.45. The van der Waals surface area contributed by atoms with Crippen molar-refractivity contribution in [1.82, 2.24) is 10.2 Å². The third-order valence-electron chi connectivity index (χ3n) is 4.38. The highest BCUT2D eigenvalue weighted by Crippen LogP contribution is 2.12. The third kappa shape index (κ3) is 5.64. The molecule has 1 fully saturated rings. The van der Waals surface area contributed by atoms with E-state index in [4.69, 9.17) is 14.1 Å². The van der Waals surface area contributed by atoms with Gasteiger partial charge in [-0.25, -0.2) is 0 Å². The molecule has 3 rings (SSSR count). The summed E-state index contributed by atoms with van der Waals surface area (Å²) in [6.07, 6.45) is 3.66. The van der Waals surface area contributed by atoms with Crippen molar-refractivity contribution in [3.05, 3.63) is 60.1 Å². The quantitative estimate of drug-likeness (QED) is 0.621. The largest absolute Gasteiger partial charge is 0.469 e. The molecule has 0 spiro atoms. The zero-order valence-electron chi connectivity index (χ0n) is 14.9. The Morgan fingerprint density at radius 2 is 2.12 bits per heavy atom. The average molecular weight is 341 g/mol. The van der Waals surface area contributed by atoms with Gasteiger partial charge in [0.2, 0.25) is 0 Å². The lowest BCUT2D eigenvalue weighted by Gasteiger charge is -2.23. The minimum absolute atomic E-state index is 0.534. The molecule has 5 nitrogen and oxygen atoms in total. The monoisotopic (exact) mass is 341 g/mol. The molecule has 25 heavy (non-hydrogen) atoms. The third-order valence-corrected chi connectivity index (χ3v) is 4.38. The molecular formula is C20H27N3O2. The van der Waals surface area contributed by atoms with Crippen molar-refractivity contribution in [2.45, 2.75) is 19.4 Å². The molecule has 0 saturated carbocycles. The second-order valence-corrected chi connectivity index (χ2v) is 6.49. The van der Waals surface area contributed by atoms with Crippen LogP contribution in [0.2, 0.25) is 0 Å². The maximum Gasteiger partial charge on any atom is 0.193 e. The number of rotatable bonds is 7. The Hall–Kier alpha value is -2.27. The smallest absolute Gasteiger partial charge is 0.193 e. The summed E-state index contributed by atoms with van der Waals surface area (Å²) in [6, 6.07) is 14.4. The Balaban J connectivity index is 1.58. The lowest BCUT2D eigenvalue weighted by Crippen LogP contribution is -2.40. The topological polar surface area (TPSA) is 50.0 Å². The number of benzene rings is 1. The zero-order chi connectivity index (χ0) is 17.3. The predicted molar refractivity (Wildman–Crippen MR) is 99.6 cm³/mol. The van der Waals surface area contributed by atoms with Crippen LogP contribution in [0.15, 0.2) is 58.1 Å². The highest BCUT2D eigenvalue weighted by Gasteiger charge is 2.16. The number of nitrogens with zero attached hydrogens (tertiary/aromatic N) is 2. The summed E-state index contributed by atoms with van der Waals surface area (Å²) in [7, 11) is 2.08. The lowest BCUT2D eigenvalue weighted by molar-refractivity contribution is 0.187. The molecule has 1 saturated heterocycles. The fourth-order valence-electron chi connectivity index (χ4n) is 2.94. The van der Waals surface area contributed by atoms with Crippen LogP contribution < -0.4 is 5.32 Å². The summed E-state index contributed by atoms with van der Waals surface area (Å²) in [5.41, 5.74) is 1.27. The lowest BCUT2D eigenvalue weighted by atomic mass is 10.1. The summed E-state index contributed by atoms with van der Waals surface area (Å²) >= 11 is 0. The van der Waals surface area contributed by atoms with Crippen molar-refractivity contribution in [3.8, 4) is 0 Å². The van der Waals surface area contributed by atoms with E-state index >= 15 is 0 Å². The summed E-state index contributed by atoms with van der Waals surface area (Å²) in [5, 5.41) is 3.48. The first-order valence-corrected chi connectivity index (χ1v) is 8.95. The first-order chi connectivity index (χ1) is 12.3. The van der Waals surface area contributed by atoms with Gasteiger partial charge in [0.1, 0.15) is 5.76 Å². The van der Waals surface area contributed by atoms with E-state index in [2.05, 4.69) is 41.5 Å². The molecule has 2 aromatic rings. The van der Waals surface area contributed by atoms with Crippen LogP contribution in [0.1, 0.15) is 17.7 Å². The molecule has 5 heteroatoms. The van der Waals surface area contributed by atoms with Crippen molar-refractivity contribution in [1.29, 1.82) is 0 Å². The van der Waals surface area contributed by atoms with Crippen LogP contribution in [-0.2, 0) is 17.7 Å². The molecule has 134 valence electrons. The van der Waals surface area contributed by atoms with E-state index in [9.17, 15) is 0 Å². The van der Waals surface area contributed by atoms with E-state index in [1.54, 1.807) is 6.26 Å². The molecule has 1 aliphatic rings. The van der Waals surface area contributed by atoms with Gasteiger partial charge in [-0.3, -0.25) is 4.99 Å². The number of ether oxygens (including phenoxy) is 1. The molecule has 1 aromatic heterocycles. The molecule has 0 amide bonds. The van der Waals surface area contributed by atoms with Gasteiger partial charge < -0.3 is 19.4 Å². The Morgan fingerprint density at radius 3 is 2.84 bits per heavy atom. The standard InChI is InChI=1S/C20H27N3O2/c1-23(15-17-6-3-2-4-7-17)20(22-14-18-10-13-24-16-18)21-11-9-19-8-5-12-25-19/h2-8,12,18H,9-11,13-16H2,1H3,(H,21,22). The van der Waals surface area contributed by atoms with E-state index in [0.29, 0.717) is 5.92 Å². The van der Waals surface area contributed by atoms with E-state index in [0.717, 1.165) is 57.4 Å². The van der Waals surface area contributed by atoms with E-state index in [-0.39, 0.29) is 0 Å². The van der Waals surface area contributed by atoms with Crippen LogP contribution in [0, 0.1) is 5.92 Å². The average Bonchev–Trinajstić information content (AvgIpc) is 3.32. The van der Waals surface area contributed by atoms with Crippen LogP contribution in [-0.4, -0.2) is 44.2 Å². The number of hydrogen-bond donors (Lipinski definition) is 1. The fourth-order valence-corrected chi connectivity index (χ4v) is 2.94. The molecule has 1 aromatic carbocycles. The van der Waals surface area contributed by atoms with Crippen LogP contribution >= 0.6 is 0 Å². The van der Waals surface area contributed by atoms with E-state index < -0.39 is 0 Å². The second-order valence-electron chi connectivity index (χ2n) is 6.49. The Labute approximate surface area is 149 Å². The van der Waals surface area contributed by atoms with Gasteiger partial charge in [-0.1, -0.05) is 30.3 Å². The van der Waals surface area contributed by atoms with Crippen LogP contribution in [0.25, 0.3) is 0 Å². The Kier molecular flexibility index (Phi) is 6.51. The van der Waals surface area contributed by atoms with Gasteiger partial charge in [-0.2, -0.15) is 0 Å². The summed E-state index contributed by atoms with van der Waals surface area (Å²) in [4.78, 5) is 7.02. The minimum atomic E-state index is 0.534. The van der Waals surface area contributed by atoms with Gasteiger partial charge in [-0.05, 0) is 24.1 Å². The van der Waals surface area contributed by atoms with Gasteiger partial charge in [-0.15, -0.1) is 0 Å². The van der Waals surface area contributed by atoms with Gasteiger partial charge in [0.05, 0.1) is 12.9 Å². The van der Waals surface area contributed by atoms with Crippen molar-refractivity contribution < 1.29 is 9.15 Å². The molecule has 1 aliphatic heterocycles. The molecule has 0 aliphatic carbocycles. The normalized spacial score (nSPS) is 17.6. The Bertz CT molecular complexity index is 634. The first kappa shape index (κ1) is 17.5. The molecule has 0 radical (unpaired) electrons. The number of furan rings is 1. The van der Waals surface area contributed by atoms with Crippen LogP contribution in [0.3, 0.4) is 0 Å². The number of guanidine groups is 1. The predicted octanol–water partition coefficient (Wildman–Crippen LogP) is 2.94. The summed E-state index contributed by atoms with van der Waals surface area (Å²) in [6.45, 7) is 4.12. The van der Waals surface area contributed by atoms with Crippen LogP contribution in [0.4, 0.5) is 0 Å². The van der Waals surface area contributed by atoms with Crippen LogP contribution in [0.5, 0.6) is 0 Å².